The van der Waals surface area contributed by atoms with Gasteiger partial charge in [0.25, 0.3) is 0 Å². The number of piperidine rings is 1. The Hall–Kier alpha value is -4.07. The maximum absolute atomic E-state index is 10.6. The molecule has 0 unspecified atom stereocenters. The van der Waals surface area contributed by atoms with Crippen LogP contribution in [-0.2, 0) is 33.0 Å². The third kappa shape index (κ3) is 12.2. The van der Waals surface area contributed by atoms with E-state index in [2.05, 4.69) is 58.7 Å². The second-order valence-electron chi connectivity index (χ2n) is 10.0. The number of alkyl halides is 9. The number of hydrogen-bond donors (Lipinski definition) is 3. The van der Waals surface area contributed by atoms with Gasteiger partial charge in [0, 0.05) is 44.6 Å². The fourth-order valence-electron chi connectivity index (χ4n) is 4.76. The van der Waals surface area contributed by atoms with Crippen molar-refractivity contribution in [2.75, 3.05) is 33.3 Å². The van der Waals surface area contributed by atoms with E-state index in [4.69, 9.17) is 39.4 Å². The summed E-state index contributed by atoms with van der Waals surface area (Å²) in [4.78, 5) is 36.8. The van der Waals surface area contributed by atoms with Gasteiger partial charge in [-0.1, -0.05) is 19.1 Å². The van der Waals surface area contributed by atoms with Gasteiger partial charge < -0.3 is 24.6 Å². The molecule has 0 amide bonds. The highest BCUT2D eigenvalue weighted by Crippen LogP contribution is 2.41. The van der Waals surface area contributed by atoms with Crippen LogP contribution < -0.4 is 4.74 Å². The number of carboxylic acids is 3. The second-order valence-corrected chi connectivity index (χ2v) is 10.0. The van der Waals surface area contributed by atoms with Crippen LogP contribution >= 0.6 is 0 Å². The van der Waals surface area contributed by atoms with Crippen molar-refractivity contribution in [3.05, 3.63) is 47.5 Å². The topological polar surface area (TPSA) is 145 Å². The summed E-state index contributed by atoms with van der Waals surface area (Å²) in [6, 6.07) is 8.47. The first-order valence-corrected chi connectivity index (χ1v) is 13.5. The van der Waals surface area contributed by atoms with Gasteiger partial charge in [-0.25, -0.2) is 19.4 Å². The molecule has 0 atom stereocenters. The molecule has 3 N–H and O–H groups in total. The zero-order chi connectivity index (χ0) is 36.4. The van der Waals surface area contributed by atoms with E-state index < -0.39 is 36.4 Å². The van der Waals surface area contributed by atoms with Crippen LogP contribution in [0.4, 0.5) is 39.5 Å². The highest BCUT2D eigenvalue weighted by atomic mass is 19.4. The monoisotopic (exact) mass is 696 g/mol. The first-order valence-electron chi connectivity index (χ1n) is 13.5. The molecule has 1 aromatic carbocycles. The maximum Gasteiger partial charge on any atom is 0.490 e. The number of ether oxygens (including phenoxy) is 1. The molecule has 1 spiro atoms. The Morgan fingerprint density at radius 1 is 0.809 bits per heavy atom. The van der Waals surface area contributed by atoms with Gasteiger partial charge in [-0.05, 0) is 44.0 Å². The van der Waals surface area contributed by atoms with E-state index in [-0.39, 0.29) is 5.54 Å². The zero-order valence-corrected chi connectivity index (χ0v) is 25.2. The van der Waals surface area contributed by atoms with Crippen LogP contribution in [0.15, 0.2) is 30.5 Å². The summed E-state index contributed by atoms with van der Waals surface area (Å²) in [6.45, 7) is 11.0. The summed E-state index contributed by atoms with van der Waals surface area (Å²) in [5.41, 5.74) is 2.78. The number of nitrogens with zero attached hydrogens (tertiary/aromatic N) is 4. The average Bonchev–Trinajstić information content (AvgIpc) is 3.36. The van der Waals surface area contributed by atoms with Crippen molar-refractivity contribution in [2.24, 2.45) is 0 Å². The Kier molecular flexibility index (Phi) is 14.5. The lowest BCUT2D eigenvalue weighted by Crippen LogP contribution is -2.57. The highest BCUT2D eigenvalue weighted by molar-refractivity contribution is 5.73. The third-order valence-electron chi connectivity index (χ3n) is 7.03. The Labute approximate surface area is 262 Å². The number of fused-ring (bicyclic) bond motifs is 2. The number of aliphatic carboxylic acids is 3. The standard InChI is InChI=1S/C21H30N4O.3C2HF3O2/c1-4-24-13-14-25-17(2)15-22-20(25)21(24)9-11-23(12-10-21)16-18-5-7-19(26-3)8-6-18;3*3-2(4,5)1(6)7/h5-8,15H,4,9-14,16H2,1-3H3;3*(H,6,7). The number of carboxylic acid groups (broad SMARTS) is 3. The predicted octanol–water partition coefficient (Wildman–Crippen LogP) is 4.93. The lowest BCUT2D eigenvalue weighted by Gasteiger charge is -2.50. The molecule has 1 saturated heterocycles. The number of hydrogen-bond acceptors (Lipinski definition) is 7. The summed E-state index contributed by atoms with van der Waals surface area (Å²) >= 11 is 0. The van der Waals surface area contributed by atoms with Gasteiger partial charge in [-0.15, -0.1) is 0 Å². The van der Waals surface area contributed by atoms with Crippen molar-refractivity contribution in [1.29, 1.82) is 0 Å². The molecule has 2 aromatic rings. The number of imidazole rings is 1. The van der Waals surface area contributed by atoms with Crippen LogP contribution in [0.1, 0.15) is 36.8 Å². The first-order chi connectivity index (χ1) is 21.5. The van der Waals surface area contributed by atoms with Crippen molar-refractivity contribution >= 4 is 17.9 Å². The molecule has 3 heterocycles. The number of halogens is 9. The van der Waals surface area contributed by atoms with Crippen molar-refractivity contribution < 1.29 is 74.0 Å². The molecular weight excluding hydrogens is 663 g/mol. The summed E-state index contributed by atoms with van der Waals surface area (Å²) < 4.78 is 103. The second kappa shape index (κ2) is 16.7. The van der Waals surface area contributed by atoms with Crippen molar-refractivity contribution in [3.8, 4) is 5.75 Å². The van der Waals surface area contributed by atoms with Crippen molar-refractivity contribution in [2.45, 2.75) is 63.8 Å². The molecule has 1 aromatic heterocycles. The zero-order valence-electron chi connectivity index (χ0n) is 25.2. The fourth-order valence-corrected chi connectivity index (χ4v) is 4.76. The molecular formula is C27H33F9N4O7. The minimum Gasteiger partial charge on any atom is -0.497 e. The molecule has 0 aliphatic carbocycles. The summed E-state index contributed by atoms with van der Waals surface area (Å²) in [7, 11) is 1.72. The number of likely N-dealkylation sites (N-methyl/N-ethyl adjacent to an activating group) is 1. The van der Waals surface area contributed by atoms with Crippen molar-refractivity contribution in [3.63, 3.8) is 0 Å². The minimum atomic E-state index is -5.08. The third-order valence-corrected chi connectivity index (χ3v) is 7.03. The SMILES string of the molecule is CCN1CCn2c(C)cnc2C12CCN(Cc1ccc(OC)cc1)CC2.O=C(O)C(F)(F)F.O=C(O)C(F)(F)F.O=C(O)C(F)(F)F. The van der Waals surface area contributed by atoms with E-state index >= 15 is 0 Å². The molecule has 2 aliphatic heterocycles. The van der Waals surface area contributed by atoms with Gasteiger partial charge in [0.05, 0.1) is 12.6 Å². The Bertz CT molecular complexity index is 1260. The molecule has 20 heteroatoms. The van der Waals surface area contributed by atoms with Crippen molar-refractivity contribution in [1.82, 2.24) is 19.4 Å². The quantitative estimate of drug-likeness (QED) is 0.377. The minimum absolute atomic E-state index is 0.123. The van der Waals surface area contributed by atoms with E-state index in [1.807, 2.05) is 0 Å². The Morgan fingerprint density at radius 3 is 1.60 bits per heavy atom. The molecule has 0 saturated carbocycles. The molecule has 11 nitrogen and oxygen atoms in total. The number of likely N-dealkylation sites (tertiary alicyclic amines) is 1. The van der Waals surface area contributed by atoms with E-state index in [1.54, 1.807) is 7.11 Å². The summed E-state index contributed by atoms with van der Waals surface area (Å²) in [6.07, 6.45) is -10.9. The first kappa shape index (κ1) is 41.0. The molecule has 47 heavy (non-hydrogen) atoms. The van der Waals surface area contributed by atoms with Gasteiger partial charge in [0.15, 0.2) is 0 Å². The Morgan fingerprint density at radius 2 is 1.23 bits per heavy atom. The van der Waals surface area contributed by atoms with Gasteiger partial charge in [0.2, 0.25) is 0 Å². The van der Waals surface area contributed by atoms with Crippen LogP contribution in [0.2, 0.25) is 0 Å². The predicted molar refractivity (Wildman–Crippen MR) is 144 cm³/mol. The lowest BCUT2D eigenvalue weighted by molar-refractivity contribution is -0.193. The fraction of sp³-hybridized carbons (Fsp3) is 0.556. The summed E-state index contributed by atoms with van der Waals surface area (Å²) in [5, 5.41) is 21.4. The van der Waals surface area contributed by atoms with Crippen LogP contribution in [0.25, 0.3) is 0 Å². The van der Waals surface area contributed by atoms with Gasteiger partial charge in [0.1, 0.15) is 11.6 Å². The van der Waals surface area contributed by atoms with E-state index in [9.17, 15) is 39.5 Å². The number of methoxy groups -OCH3 is 1. The molecule has 4 rings (SSSR count). The normalized spacial score (nSPS) is 16.3. The smallest absolute Gasteiger partial charge is 0.490 e. The van der Waals surface area contributed by atoms with Crippen LogP contribution in [0, 0.1) is 6.92 Å². The van der Waals surface area contributed by atoms with Crippen LogP contribution in [0.5, 0.6) is 5.75 Å². The lowest BCUT2D eigenvalue weighted by atomic mass is 9.83. The van der Waals surface area contributed by atoms with Gasteiger partial charge >= 0.3 is 36.4 Å². The molecule has 0 radical (unpaired) electrons. The molecule has 266 valence electrons. The van der Waals surface area contributed by atoms with Gasteiger partial charge in [-0.3, -0.25) is 9.80 Å². The Balaban J connectivity index is 0.000000430. The van der Waals surface area contributed by atoms with Gasteiger partial charge in [-0.2, -0.15) is 39.5 Å². The average molecular weight is 697 g/mol. The molecule has 2 aliphatic rings. The molecule has 1 fully saturated rings. The number of carbonyl (C=O) groups is 3. The van der Waals surface area contributed by atoms with Crippen LogP contribution in [-0.4, -0.2) is 104 Å². The number of benzene rings is 1. The van der Waals surface area contributed by atoms with E-state index in [1.165, 1.54) is 17.1 Å². The molecule has 0 bridgehead atoms. The highest BCUT2D eigenvalue weighted by Gasteiger charge is 2.46. The van der Waals surface area contributed by atoms with Crippen LogP contribution in [0.3, 0.4) is 0 Å². The van der Waals surface area contributed by atoms with E-state index in [0.717, 1.165) is 57.9 Å². The van der Waals surface area contributed by atoms with E-state index in [0.29, 0.717) is 0 Å². The number of rotatable bonds is 4. The summed E-state index contributed by atoms with van der Waals surface area (Å²) in [5.74, 6) is -6.05. The number of aromatic nitrogens is 2. The number of aryl methyl sites for hydroxylation is 1. The maximum atomic E-state index is 10.6. The largest absolute Gasteiger partial charge is 0.497 e.